The maximum Gasteiger partial charge on any atom is 0.243 e. The summed E-state index contributed by atoms with van der Waals surface area (Å²) in [4.78, 5) is 32.6. The molecule has 41 heavy (non-hydrogen) atoms. The fourth-order valence-electron chi connectivity index (χ4n) is 5.94. The molecule has 1 unspecified atom stereocenters. The summed E-state index contributed by atoms with van der Waals surface area (Å²) in [5.74, 6) is 0.123. The number of ketones is 1. The van der Waals surface area contributed by atoms with Crippen LogP contribution < -0.4 is 10.2 Å². The van der Waals surface area contributed by atoms with Gasteiger partial charge in [0.25, 0.3) is 0 Å². The maximum atomic E-state index is 14.0. The number of carbonyl (C=O) groups excluding carboxylic acids is 2. The predicted octanol–water partition coefficient (Wildman–Crippen LogP) is 4.77. The lowest BCUT2D eigenvalue weighted by Crippen LogP contribution is -2.52. The van der Waals surface area contributed by atoms with Gasteiger partial charge in [-0.2, -0.15) is 0 Å². The molecule has 5 rings (SSSR count). The van der Waals surface area contributed by atoms with E-state index in [0.29, 0.717) is 31.4 Å². The number of anilines is 1. The van der Waals surface area contributed by atoms with Crippen LogP contribution in [0.5, 0.6) is 0 Å². The van der Waals surface area contributed by atoms with Crippen LogP contribution in [0, 0.1) is 0 Å². The number of H-pyrrole nitrogens is 1. The number of nitrogens with zero attached hydrogens (tertiary/aromatic N) is 1. The van der Waals surface area contributed by atoms with Crippen molar-refractivity contribution < 1.29 is 19.8 Å². The first-order valence-electron chi connectivity index (χ1n) is 14.5. The molecule has 0 aliphatic carbocycles. The molecular weight excluding hydrogens is 514 g/mol. The van der Waals surface area contributed by atoms with Gasteiger partial charge in [-0.3, -0.25) is 9.59 Å². The summed E-state index contributed by atoms with van der Waals surface area (Å²) in [6, 6.07) is 23.3. The molecule has 3 atom stereocenters. The zero-order chi connectivity index (χ0) is 28.8. The van der Waals surface area contributed by atoms with Gasteiger partial charge in [0.15, 0.2) is 5.78 Å². The average molecular weight is 554 g/mol. The monoisotopic (exact) mass is 553 g/mol. The number of benzene rings is 3. The highest BCUT2D eigenvalue weighted by Gasteiger charge is 2.33. The van der Waals surface area contributed by atoms with Gasteiger partial charge in [0.1, 0.15) is 6.04 Å². The van der Waals surface area contributed by atoms with Crippen molar-refractivity contribution in [3.8, 4) is 0 Å². The van der Waals surface area contributed by atoms with Gasteiger partial charge in [-0.15, -0.1) is 0 Å². The normalized spacial score (nSPS) is 17.9. The molecule has 1 aliphatic heterocycles. The van der Waals surface area contributed by atoms with Gasteiger partial charge < -0.3 is 25.4 Å². The molecule has 4 N–H and O–H groups in total. The molecule has 7 nitrogen and oxygen atoms in total. The maximum absolute atomic E-state index is 14.0. The van der Waals surface area contributed by atoms with Gasteiger partial charge >= 0.3 is 0 Å². The summed E-state index contributed by atoms with van der Waals surface area (Å²) in [6.45, 7) is 2.61. The highest BCUT2D eigenvalue weighted by Crippen LogP contribution is 2.37. The molecule has 0 saturated heterocycles. The topological polar surface area (TPSA) is 106 Å². The zero-order valence-corrected chi connectivity index (χ0v) is 23.6. The van der Waals surface area contributed by atoms with Crippen LogP contribution in [-0.4, -0.2) is 58.7 Å². The zero-order valence-electron chi connectivity index (χ0n) is 23.6. The number of Topliss-reactive ketones (excluding diaryl/α,β-unsaturated/α-hetero) is 1. The van der Waals surface area contributed by atoms with Crippen molar-refractivity contribution >= 4 is 28.3 Å². The number of carbonyl (C=O) groups is 2. The van der Waals surface area contributed by atoms with Crippen LogP contribution in [0.3, 0.4) is 0 Å². The number of amides is 1. The van der Waals surface area contributed by atoms with E-state index in [9.17, 15) is 19.8 Å². The Morgan fingerprint density at radius 1 is 1.02 bits per heavy atom. The third-order valence-corrected chi connectivity index (χ3v) is 8.22. The van der Waals surface area contributed by atoms with Gasteiger partial charge in [0, 0.05) is 48.8 Å². The number of hydrogen-bond acceptors (Lipinski definition) is 5. The molecule has 7 heteroatoms. The van der Waals surface area contributed by atoms with E-state index >= 15 is 0 Å². The molecular formula is C34H39N3O4. The Labute approximate surface area is 241 Å². The highest BCUT2D eigenvalue weighted by atomic mass is 16.3. The van der Waals surface area contributed by atoms with Crippen LogP contribution in [0.1, 0.15) is 59.2 Å². The van der Waals surface area contributed by atoms with Crippen LogP contribution in [0.4, 0.5) is 5.69 Å². The van der Waals surface area contributed by atoms with Crippen molar-refractivity contribution in [1.82, 2.24) is 10.3 Å². The number of aromatic nitrogens is 1. The van der Waals surface area contributed by atoms with Gasteiger partial charge in [-0.05, 0) is 54.0 Å². The lowest BCUT2D eigenvalue weighted by Gasteiger charge is -2.35. The fraction of sp³-hybridized carbons (Fsp3) is 0.353. The standard InChI is InChI=1S/C34H39N3O4/c1-23(25-11-6-3-7-12-25)16-17-37-29-15-14-28(31(40)13-8-18-38)33-32(29)26(21-35-33)20-27(22-39)36-34(41)30(37)19-24-9-4-2-5-10-24/h2-7,9-12,14-15,21,23,27,30,35,38-39H,8,13,16-20,22H2,1H3,(H,36,41)/t23?,27-,30-/m0/s1. The molecule has 1 aromatic heterocycles. The van der Waals surface area contributed by atoms with E-state index < -0.39 is 12.1 Å². The molecule has 1 amide bonds. The second-order valence-corrected chi connectivity index (χ2v) is 11.0. The summed E-state index contributed by atoms with van der Waals surface area (Å²) >= 11 is 0. The Morgan fingerprint density at radius 3 is 2.46 bits per heavy atom. The second kappa shape index (κ2) is 13.1. The summed E-state index contributed by atoms with van der Waals surface area (Å²) in [5, 5.41) is 23.6. The smallest absolute Gasteiger partial charge is 0.243 e. The third-order valence-electron chi connectivity index (χ3n) is 8.22. The van der Waals surface area contributed by atoms with E-state index in [2.05, 4.69) is 46.4 Å². The summed E-state index contributed by atoms with van der Waals surface area (Å²) in [5.41, 5.74) is 5.48. The Kier molecular flexibility index (Phi) is 9.17. The van der Waals surface area contributed by atoms with Crippen molar-refractivity contribution in [3.63, 3.8) is 0 Å². The van der Waals surface area contributed by atoms with Crippen LogP contribution in [0.25, 0.3) is 10.9 Å². The molecule has 0 saturated carbocycles. The largest absolute Gasteiger partial charge is 0.396 e. The summed E-state index contributed by atoms with van der Waals surface area (Å²) in [6.07, 6.45) is 4.33. The molecule has 0 fully saturated rings. The Balaban J connectivity index is 1.62. The summed E-state index contributed by atoms with van der Waals surface area (Å²) < 4.78 is 0. The quantitative estimate of drug-likeness (QED) is 0.200. The molecule has 2 heterocycles. The highest BCUT2D eigenvalue weighted by molar-refractivity contribution is 6.11. The first kappa shape index (κ1) is 28.6. The minimum Gasteiger partial charge on any atom is -0.396 e. The molecule has 4 aromatic rings. The van der Waals surface area contributed by atoms with Gasteiger partial charge in [-0.1, -0.05) is 67.6 Å². The van der Waals surface area contributed by atoms with Crippen molar-refractivity contribution in [2.45, 2.75) is 57.0 Å². The fourth-order valence-corrected chi connectivity index (χ4v) is 5.94. The SMILES string of the molecule is CC(CCN1c2ccc(C(=O)CCCO)c3[nH]cc(c23)C[C@@H](CO)NC(=O)[C@@H]1Cc1ccccc1)c1ccccc1. The van der Waals surface area contributed by atoms with Gasteiger partial charge in [0.2, 0.25) is 5.91 Å². The lowest BCUT2D eigenvalue weighted by molar-refractivity contribution is -0.123. The number of aliphatic hydroxyl groups is 2. The van der Waals surface area contributed by atoms with Crippen LogP contribution >= 0.6 is 0 Å². The molecule has 0 spiro atoms. The van der Waals surface area contributed by atoms with Gasteiger partial charge in [-0.25, -0.2) is 0 Å². The summed E-state index contributed by atoms with van der Waals surface area (Å²) in [7, 11) is 0. The van der Waals surface area contributed by atoms with Crippen LogP contribution in [0.2, 0.25) is 0 Å². The third kappa shape index (κ3) is 6.37. The lowest BCUT2D eigenvalue weighted by atomic mass is 9.95. The number of aliphatic hydroxyl groups excluding tert-OH is 2. The van der Waals surface area contributed by atoms with E-state index in [1.165, 1.54) is 5.56 Å². The van der Waals surface area contributed by atoms with E-state index in [0.717, 1.165) is 34.1 Å². The molecule has 0 radical (unpaired) electrons. The molecule has 3 aromatic carbocycles. The number of hydrogen-bond donors (Lipinski definition) is 4. The molecule has 0 bridgehead atoms. The van der Waals surface area contributed by atoms with E-state index in [1.54, 1.807) is 0 Å². The Hall–Kier alpha value is -3.94. The van der Waals surface area contributed by atoms with Gasteiger partial charge in [0.05, 0.1) is 18.2 Å². The van der Waals surface area contributed by atoms with Crippen molar-refractivity contribution in [1.29, 1.82) is 0 Å². The van der Waals surface area contributed by atoms with Crippen molar-refractivity contribution in [2.24, 2.45) is 0 Å². The molecule has 214 valence electrons. The van der Waals surface area contributed by atoms with Crippen LogP contribution in [0.15, 0.2) is 79.0 Å². The van der Waals surface area contributed by atoms with Crippen LogP contribution in [-0.2, 0) is 17.6 Å². The van der Waals surface area contributed by atoms with Crippen molar-refractivity contribution in [2.75, 3.05) is 24.7 Å². The van der Waals surface area contributed by atoms with E-state index in [1.807, 2.05) is 54.7 Å². The minimum absolute atomic E-state index is 0.0307. The Morgan fingerprint density at radius 2 is 1.76 bits per heavy atom. The number of nitrogens with one attached hydrogen (secondary N) is 2. The van der Waals surface area contributed by atoms with E-state index in [-0.39, 0.29) is 37.2 Å². The Bertz CT molecular complexity index is 1470. The number of rotatable bonds is 11. The first-order valence-corrected chi connectivity index (χ1v) is 14.5. The van der Waals surface area contributed by atoms with E-state index in [4.69, 9.17) is 0 Å². The van der Waals surface area contributed by atoms with Crippen molar-refractivity contribution in [3.05, 3.63) is 101 Å². The number of aromatic amines is 1. The molecule has 1 aliphatic rings. The average Bonchev–Trinajstić information content (AvgIpc) is 3.44. The minimum atomic E-state index is -0.519. The second-order valence-electron chi connectivity index (χ2n) is 11.0. The predicted molar refractivity (Wildman–Crippen MR) is 162 cm³/mol. The first-order chi connectivity index (χ1) is 20.0.